The Bertz CT molecular complexity index is 1020. The molecule has 1 fully saturated rings. The summed E-state index contributed by atoms with van der Waals surface area (Å²) in [6.07, 6.45) is 3.59. The van der Waals surface area contributed by atoms with Crippen molar-refractivity contribution in [2.45, 2.75) is 13.3 Å². The van der Waals surface area contributed by atoms with Crippen molar-refractivity contribution in [3.05, 3.63) is 64.1 Å². The van der Waals surface area contributed by atoms with Crippen molar-refractivity contribution >= 4 is 69.8 Å². The number of hydrogen-bond donors (Lipinski definition) is 2. The molecule has 168 valence electrons. The number of halogens is 2. The van der Waals surface area contributed by atoms with E-state index in [1.807, 2.05) is 36.1 Å². The van der Waals surface area contributed by atoms with Gasteiger partial charge in [-0.25, -0.2) is 0 Å². The van der Waals surface area contributed by atoms with E-state index in [9.17, 15) is 9.59 Å². The molecule has 0 unspecified atom stereocenters. The quantitative estimate of drug-likeness (QED) is 0.474. The minimum absolute atomic E-state index is 0.162. The van der Waals surface area contributed by atoms with Crippen molar-refractivity contribution in [3.63, 3.8) is 0 Å². The topological polar surface area (TPSA) is 64.7 Å². The first-order valence-corrected chi connectivity index (χ1v) is 11.4. The molecule has 0 spiro atoms. The van der Waals surface area contributed by atoms with E-state index in [4.69, 9.17) is 35.4 Å². The van der Waals surface area contributed by atoms with Gasteiger partial charge in [-0.15, -0.1) is 0 Å². The second kappa shape index (κ2) is 11.3. The van der Waals surface area contributed by atoms with Gasteiger partial charge >= 0.3 is 0 Å². The van der Waals surface area contributed by atoms with E-state index in [0.29, 0.717) is 48.3 Å². The molecule has 32 heavy (non-hydrogen) atoms. The average Bonchev–Trinajstić information content (AvgIpc) is 2.78. The lowest BCUT2D eigenvalue weighted by molar-refractivity contribution is -0.131. The number of thiocarbonyl (C=S) groups is 1. The summed E-state index contributed by atoms with van der Waals surface area (Å²) in [6.45, 7) is 4.59. The molecule has 2 aromatic rings. The number of carbonyl (C=O) groups is 2. The second-order valence-electron chi connectivity index (χ2n) is 7.21. The molecule has 6 nitrogen and oxygen atoms in total. The van der Waals surface area contributed by atoms with Crippen LogP contribution in [0.4, 0.5) is 11.4 Å². The molecule has 1 saturated heterocycles. The van der Waals surface area contributed by atoms with Gasteiger partial charge in [0.15, 0.2) is 5.11 Å². The summed E-state index contributed by atoms with van der Waals surface area (Å²) in [4.78, 5) is 28.2. The number of piperazine rings is 1. The first kappa shape index (κ1) is 24.0. The van der Waals surface area contributed by atoms with Gasteiger partial charge in [-0.3, -0.25) is 14.9 Å². The van der Waals surface area contributed by atoms with E-state index in [-0.39, 0.29) is 16.9 Å². The van der Waals surface area contributed by atoms with Crippen LogP contribution in [0.1, 0.15) is 18.9 Å². The fourth-order valence-electron chi connectivity index (χ4n) is 3.36. The van der Waals surface area contributed by atoms with Gasteiger partial charge in [-0.2, -0.15) is 0 Å². The predicted octanol–water partition coefficient (Wildman–Crippen LogP) is 4.58. The summed E-state index contributed by atoms with van der Waals surface area (Å²) in [6, 6.07) is 12.6. The molecule has 2 aromatic carbocycles. The van der Waals surface area contributed by atoms with Crippen LogP contribution in [-0.2, 0) is 9.59 Å². The lowest BCUT2D eigenvalue weighted by atomic mass is 10.2. The first-order valence-electron chi connectivity index (χ1n) is 10.2. The Morgan fingerprint density at radius 2 is 1.69 bits per heavy atom. The Balaban J connectivity index is 1.62. The van der Waals surface area contributed by atoms with Crippen LogP contribution in [0.2, 0.25) is 10.0 Å². The van der Waals surface area contributed by atoms with Gasteiger partial charge < -0.3 is 15.1 Å². The third kappa shape index (κ3) is 6.69. The smallest absolute Gasteiger partial charge is 0.250 e. The van der Waals surface area contributed by atoms with Gasteiger partial charge in [-0.1, -0.05) is 42.3 Å². The summed E-state index contributed by atoms with van der Waals surface area (Å²) in [5.41, 5.74) is 2.45. The number of amides is 2. The average molecular weight is 491 g/mol. The highest BCUT2D eigenvalue weighted by molar-refractivity contribution is 7.80. The highest BCUT2D eigenvalue weighted by Gasteiger charge is 2.22. The first-order chi connectivity index (χ1) is 15.4. The Morgan fingerprint density at radius 1 is 1.03 bits per heavy atom. The second-order valence-corrected chi connectivity index (χ2v) is 8.49. The molecule has 9 heteroatoms. The van der Waals surface area contributed by atoms with Crippen molar-refractivity contribution in [2.75, 3.05) is 36.4 Å². The van der Waals surface area contributed by atoms with Gasteiger partial charge in [0.05, 0.1) is 11.4 Å². The summed E-state index contributed by atoms with van der Waals surface area (Å²) < 4.78 is 0. The highest BCUT2D eigenvalue weighted by atomic mass is 35.5. The van der Waals surface area contributed by atoms with Crippen LogP contribution in [0.3, 0.4) is 0 Å². The highest BCUT2D eigenvalue weighted by Crippen LogP contribution is 2.30. The molecule has 0 saturated carbocycles. The van der Waals surface area contributed by atoms with Gasteiger partial charge in [0.2, 0.25) is 11.8 Å². The Hall–Kier alpha value is -2.61. The Morgan fingerprint density at radius 3 is 2.34 bits per heavy atom. The molecule has 0 atom stereocenters. The molecule has 0 aromatic heterocycles. The van der Waals surface area contributed by atoms with Crippen LogP contribution in [0.5, 0.6) is 0 Å². The van der Waals surface area contributed by atoms with Crippen molar-refractivity contribution in [1.29, 1.82) is 0 Å². The zero-order chi connectivity index (χ0) is 23.1. The van der Waals surface area contributed by atoms with E-state index in [1.54, 1.807) is 24.3 Å². The minimum Gasteiger partial charge on any atom is -0.366 e. The van der Waals surface area contributed by atoms with Gasteiger partial charge in [0.1, 0.15) is 0 Å². The Kier molecular flexibility index (Phi) is 8.50. The maximum absolute atomic E-state index is 12.2. The number of hydrogen-bond acceptors (Lipinski definition) is 4. The molecule has 1 aliphatic heterocycles. The Labute approximate surface area is 203 Å². The fourth-order valence-corrected chi connectivity index (χ4v) is 3.87. The number of nitrogens with one attached hydrogen (secondary N) is 2. The van der Waals surface area contributed by atoms with E-state index in [1.165, 1.54) is 6.08 Å². The summed E-state index contributed by atoms with van der Waals surface area (Å²) in [7, 11) is 0. The monoisotopic (exact) mass is 490 g/mol. The van der Waals surface area contributed by atoms with Crippen LogP contribution in [0.25, 0.3) is 6.08 Å². The van der Waals surface area contributed by atoms with Crippen LogP contribution in [0, 0.1) is 0 Å². The molecular formula is C23H24Cl2N4O2S. The largest absolute Gasteiger partial charge is 0.366 e. The van der Waals surface area contributed by atoms with Crippen molar-refractivity contribution in [3.8, 4) is 0 Å². The zero-order valence-corrected chi connectivity index (χ0v) is 19.9. The molecule has 3 rings (SSSR count). The summed E-state index contributed by atoms with van der Waals surface area (Å²) in [5.74, 6) is -0.192. The normalized spacial score (nSPS) is 13.8. The van der Waals surface area contributed by atoms with E-state index in [2.05, 4.69) is 15.5 Å². The molecule has 1 aliphatic rings. The van der Waals surface area contributed by atoms with Gasteiger partial charge in [0, 0.05) is 48.7 Å². The molecular weight excluding hydrogens is 467 g/mol. The van der Waals surface area contributed by atoms with E-state index >= 15 is 0 Å². The lowest BCUT2D eigenvalue weighted by Crippen LogP contribution is -2.48. The molecule has 2 amide bonds. The number of anilines is 2. The third-order valence-corrected chi connectivity index (χ3v) is 5.71. The van der Waals surface area contributed by atoms with Crippen LogP contribution in [0.15, 0.2) is 48.5 Å². The zero-order valence-electron chi connectivity index (χ0n) is 17.6. The number of nitrogens with zero attached hydrogens (tertiary/aromatic N) is 2. The standard InChI is InChI=1S/C23H24Cl2N4O2S/c1-2-22(31)29-13-11-28(12-14-29)20-9-8-18(25)15-19(20)26-23(32)27-21(30)10-5-16-3-6-17(24)7-4-16/h3-10,15H,2,11-14H2,1H3,(H2,26,27,30,32)/b10-5+. The SMILES string of the molecule is CCC(=O)N1CCN(c2ccc(Cl)cc2NC(=S)NC(=O)/C=C/c2ccc(Cl)cc2)CC1. The number of rotatable bonds is 5. The summed E-state index contributed by atoms with van der Waals surface area (Å²) in [5, 5.41) is 7.06. The van der Waals surface area contributed by atoms with Crippen molar-refractivity contribution in [2.24, 2.45) is 0 Å². The molecule has 0 aliphatic carbocycles. The lowest BCUT2D eigenvalue weighted by Gasteiger charge is -2.37. The van der Waals surface area contributed by atoms with Crippen LogP contribution < -0.4 is 15.5 Å². The van der Waals surface area contributed by atoms with Crippen molar-refractivity contribution in [1.82, 2.24) is 10.2 Å². The maximum Gasteiger partial charge on any atom is 0.250 e. The summed E-state index contributed by atoms with van der Waals surface area (Å²) >= 11 is 17.4. The van der Waals surface area contributed by atoms with Crippen LogP contribution >= 0.6 is 35.4 Å². The minimum atomic E-state index is -0.354. The third-order valence-electron chi connectivity index (χ3n) is 5.02. The predicted molar refractivity (Wildman–Crippen MR) is 135 cm³/mol. The molecule has 0 bridgehead atoms. The number of carbonyl (C=O) groups excluding carboxylic acids is 2. The van der Waals surface area contributed by atoms with E-state index in [0.717, 1.165) is 11.3 Å². The van der Waals surface area contributed by atoms with Gasteiger partial charge in [-0.05, 0) is 54.2 Å². The fraction of sp³-hybridized carbons (Fsp3) is 0.261. The van der Waals surface area contributed by atoms with Crippen molar-refractivity contribution < 1.29 is 9.59 Å². The number of benzene rings is 2. The van der Waals surface area contributed by atoms with Crippen LogP contribution in [-0.4, -0.2) is 48.0 Å². The van der Waals surface area contributed by atoms with Gasteiger partial charge in [0.25, 0.3) is 0 Å². The van der Waals surface area contributed by atoms with E-state index < -0.39 is 0 Å². The molecule has 1 heterocycles. The molecule has 2 N–H and O–H groups in total. The maximum atomic E-state index is 12.2. The molecule has 0 radical (unpaired) electrons.